The Balaban J connectivity index is 1.67. The average Bonchev–Trinajstić information content (AvgIpc) is 3.08. The monoisotopic (exact) mass is 275 g/mol. The highest BCUT2D eigenvalue weighted by atomic mass is 16.4. The molecule has 0 atom stereocenters. The Morgan fingerprint density at radius 2 is 2.15 bits per heavy atom. The van der Waals surface area contributed by atoms with Crippen LogP contribution >= 0.6 is 0 Å². The molecule has 1 aliphatic carbocycles. The lowest BCUT2D eigenvalue weighted by Gasteiger charge is -2.12. The molecule has 2 aromatic rings. The van der Waals surface area contributed by atoms with E-state index in [4.69, 9.17) is 9.52 Å². The zero-order valence-electron chi connectivity index (χ0n) is 11.1. The largest absolute Gasteiger partial charge is 0.475 e. The third kappa shape index (κ3) is 2.55. The van der Waals surface area contributed by atoms with E-state index in [2.05, 4.69) is 5.32 Å². The van der Waals surface area contributed by atoms with E-state index in [-0.39, 0.29) is 17.8 Å². The first-order chi connectivity index (χ1) is 9.62. The molecule has 3 N–H and O–H groups in total. The van der Waals surface area contributed by atoms with E-state index in [0.717, 1.165) is 30.3 Å². The molecule has 0 bridgehead atoms. The van der Waals surface area contributed by atoms with Gasteiger partial charge in [-0.25, -0.2) is 4.79 Å². The van der Waals surface area contributed by atoms with Crippen LogP contribution in [0.4, 0.5) is 0 Å². The number of aliphatic hydroxyl groups is 1. The van der Waals surface area contributed by atoms with Crippen LogP contribution in [-0.2, 0) is 6.54 Å². The molecule has 1 aromatic heterocycles. The molecule has 1 saturated carbocycles. The standard InChI is InChI=1S/C15H17NO4/c17-9-15(3-4-15)8-16-7-10-1-2-12-11(5-10)6-13(20-12)14(18)19/h1-2,5-6,16-17H,3-4,7-9H2,(H,18,19). The summed E-state index contributed by atoms with van der Waals surface area (Å²) in [7, 11) is 0. The molecule has 0 spiro atoms. The lowest BCUT2D eigenvalue weighted by molar-refractivity contribution is 0.0665. The molecule has 0 unspecified atom stereocenters. The van der Waals surface area contributed by atoms with Gasteiger partial charge in [0.15, 0.2) is 0 Å². The summed E-state index contributed by atoms with van der Waals surface area (Å²) in [4.78, 5) is 10.8. The van der Waals surface area contributed by atoms with Crippen molar-refractivity contribution in [3.05, 3.63) is 35.6 Å². The van der Waals surface area contributed by atoms with Crippen molar-refractivity contribution in [2.24, 2.45) is 5.41 Å². The Morgan fingerprint density at radius 3 is 2.80 bits per heavy atom. The van der Waals surface area contributed by atoms with Crippen molar-refractivity contribution >= 4 is 16.9 Å². The van der Waals surface area contributed by atoms with Gasteiger partial charge in [-0.3, -0.25) is 0 Å². The molecular formula is C15H17NO4. The predicted octanol–water partition coefficient (Wildman–Crippen LogP) is 1.99. The van der Waals surface area contributed by atoms with E-state index in [1.165, 1.54) is 6.07 Å². The first-order valence-electron chi connectivity index (χ1n) is 6.69. The summed E-state index contributed by atoms with van der Waals surface area (Å²) in [5.74, 6) is -1.10. The first-order valence-corrected chi connectivity index (χ1v) is 6.69. The minimum atomic E-state index is -1.06. The summed E-state index contributed by atoms with van der Waals surface area (Å²) >= 11 is 0. The normalized spacial score (nSPS) is 16.4. The van der Waals surface area contributed by atoms with Gasteiger partial charge < -0.3 is 19.9 Å². The second-order valence-corrected chi connectivity index (χ2v) is 5.55. The van der Waals surface area contributed by atoms with Crippen LogP contribution in [0.25, 0.3) is 11.0 Å². The number of carboxylic acids is 1. The minimum Gasteiger partial charge on any atom is -0.475 e. The van der Waals surface area contributed by atoms with Gasteiger partial charge >= 0.3 is 5.97 Å². The highest BCUT2D eigenvalue weighted by Gasteiger charge is 2.41. The summed E-state index contributed by atoms with van der Waals surface area (Å²) < 4.78 is 5.22. The fourth-order valence-electron chi connectivity index (χ4n) is 2.35. The van der Waals surface area contributed by atoms with E-state index in [1.54, 1.807) is 6.07 Å². The van der Waals surface area contributed by atoms with E-state index in [0.29, 0.717) is 12.1 Å². The number of rotatable bonds is 6. The van der Waals surface area contributed by atoms with Crippen LogP contribution in [0.15, 0.2) is 28.7 Å². The highest BCUT2D eigenvalue weighted by Crippen LogP contribution is 2.44. The fraction of sp³-hybridized carbons (Fsp3) is 0.400. The third-order valence-electron chi connectivity index (χ3n) is 3.91. The van der Waals surface area contributed by atoms with E-state index in [9.17, 15) is 9.90 Å². The molecule has 3 rings (SSSR count). The van der Waals surface area contributed by atoms with Crippen molar-refractivity contribution in [3.8, 4) is 0 Å². The smallest absolute Gasteiger partial charge is 0.371 e. The van der Waals surface area contributed by atoms with Crippen molar-refractivity contribution < 1.29 is 19.4 Å². The Kier molecular flexibility index (Phi) is 3.23. The highest BCUT2D eigenvalue weighted by molar-refractivity contribution is 5.91. The van der Waals surface area contributed by atoms with E-state index < -0.39 is 5.97 Å². The van der Waals surface area contributed by atoms with Gasteiger partial charge in [-0.15, -0.1) is 0 Å². The molecule has 1 fully saturated rings. The van der Waals surface area contributed by atoms with Gasteiger partial charge in [-0.2, -0.15) is 0 Å². The fourth-order valence-corrected chi connectivity index (χ4v) is 2.35. The number of carbonyl (C=O) groups is 1. The maximum absolute atomic E-state index is 10.8. The number of aromatic carboxylic acids is 1. The van der Waals surface area contributed by atoms with Crippen molar-refractivity contribution in [1.82, 2.24) is 5.32 Å². The molecule has 106 valence electrons. The van der Waals surface area contributed by atoms with Crippen LogP contribution in [0.1, 0.15) is 29.0 Å². The van der Waals surface area contributed by atoms with Gasteiger partial charge in [0, 0.05) is 30.5 Å². The summed E-state index contributed by atoms with van der Waals surface area (Å²) in [6.07, 6.45) is 2.17. The van der Waals surface area contributed by atoms with Gasteiger partial charge in [0.2, 0.25) is 5.76 Å². The van der Waals surface area contributed by atoms with E-state index >= 15 is 0 Å². The molecular weight excluding hydrogens is 258 g/mol. The van der Waals surface area contributed by atoms with Gasteiger partial charge in [-0.1, -0.05) is 6.07 Å². The van der Waals surface area contributed by atoms with Crippen LogP contribution < -0.4 is 5.32 Å². The molecule has 1 heterocycles. The topological polar surface area (TPSA) is 82.7 Å². The van der Waals surface area contributed by atoms with Crippen molar-refractivity contribution in [2.75, 3.05) is 13.2 Å². The van der Waals surface area contributed by atoms with Crippen LogP contribution in [0.3, 0.4) is 0 Å². The predicted molar refractivity (Wildman–Crippen MR) is 73.6 cm³/mol. The molecule has 1 aliphatic rings. The number of carboxylic acid groups (broad SMARTS) is 1. The van der Waals surface area contributed by atoms with Crippen molar-refractivity contribution in [2.45, 2.75) is 19.4 Å². The number of hydrogen-bond donors (Lipinski definition) is 3. The quantitative estimate of drug-likeness (QED) is 0.751. The van der Waals surface area contributed by atoms with Gasteiger partial charge in [0.05, 0.1) is 0 Å². The summed E-state index contributed by atoms with van der Waals surface area (Å²) in [6, 6.07) is 7.18. The number of aliphatic hydroxyl groups excluding tert-OH is 1. The summed E-state index contributed by atoms with van der Waals surface area (Å²) in [5.41, 5.74) is 1.75. The second kappa shape index (κ2) is 4.92. The van der Waals surface area contributed by atoms with Crippen LogP contribution in [0.5, 0.6) is 0 Å². The van der Waals surface area contributed by atoms with Crippen LogP contribution in [-0.4, -0.2) is 29.3 Å². The van der Waals surface area contributed by atoms with Crippen LogP contribution in [0, 0.1) is 5.41 Å². The van der Waals surface area contributed by atoms with Crippen LogP contribution in [0.2, 0.25) is 0 Å². The van der Waals surface area contributed by atoms with Crippen molar-refractivity contribution in [1.29, 1.82) is 0 Å². The minimum absolute atomic E-state index is 0.0395. The van der Waals surface area contributed by atoms with Gasteiger partial charge in [-0.05, 0) is 36.6 Å². The number of fused-ring (bicyclic) bond motifs is 1. The second-order valence-electron chi connectivity index (χ2n) is 5.55. The number of hydrogen-bond acceptors (Lipinski definition) is 4. The lowest BCUT2D eigenvalue weighted by atomic mass is 10.1. The molecule has 20 heavy (non-hydrogen) atoms. The zero-order valence-corrected chi connectivity index (χ0v) is 11.1. The van der Waals surface area contributed by atoms with Crippen molar-refractivity contribution in [3.63, 3.8) is 0 Å². The molecule has 5 nitrogen and oxygen atoms in total. The Labute approximate surface area is 116 Å². The average molecular weight is 275 g/mol. The molecule has 0 aliphatic heterocycles. The molecule has 1 aromatic carbocycles. The Bertz CT molecular complexity index is 642. The lowest BCUT2D eigenvalue weighted by Crippen LogP contribution is -2.26. The van der Waals surface area contributed by atoms with Gasteiger partial charge in [0.25, 0.3) is 0 Å². The SMILES string of the molecule is O=C(O)c1cc2cc(CNCC3(CO)CC3)ccc2o1. The molecule has 5 heteroatoms. The molecule has 0 saturated heterocycles. The number of furan rings is 1. The zero-order chi connectivity index (χ0) is 14.2. The van der Waals surface area contributed by atoms with Gasteiger partial charge in [0.1, 0.15) is 5.58 Å². The Hall–Kier alpha value is -1.85. The molecule has 0 radical (unpaired) electrons. The maximum atomic E-state index is 10.8. The van der Waals surface area contributed by atoms with E-state index in [1.807, 2.05) is 12.1 Å². The number of nitrogens with one attached hydrogen (secondary N) is 1. The maximum Gasteiger partial charge on any atom is 0.371 e. The first kappa shape index (κ1) is 13.1. The number of benzene rings is 1. The summed E-state index contributed by atoms with van der Waals surface area (Å²) in [5, 5.41) is 22.3. The Morgan fingerprint density at radius 1 is 1.35 bits per heavy atom. The third-order valence-corrected chi connectivity index (χ3v) is 3.91. The molecule has 0 amide bonds. The summed E-state index contributed by atoms with van der Waals surface area (Å²) in [6.45, 7) is 1.75.